The van der Waals surface area contributed by atoms with Crippen molar-refractivity contribution >= 4 is 11.7 Å². The number of aryl methyl sites for hydroxylation is 2. The summed E-state index contributed by atoms with van der Waals surface area (Å²) in [5, 5.41) is 12.6. The van der Waals surface area contributed by atoms with Gasteiger partial charge in [0, 0.05) is 12.2 Å². The van der Waals surface area contributed by atoms with Crippen molar-refractivity contribution in [1.82, 2.24) is 4.98 Å². The van der Waals surface area contributed by atoms with Gasteiger partial charge in [0.2, 0.25) is 0 Å². The average molecular weight is 274 g/mol. The van der Waals surface area contributed by atoms with Gasteiger partial charge in [0.25, 0.3) is 0 Å². The smallest absolute Gasteiger partial charge is 0.339 e. The van der Waals surface area contributed by atoms with Crippen LogP contribution in [0.15, 0.2) is 17.7 Å². The molecule has 2 rings (SSSR count). The lowest BCUT2D eigenvalue weighted by atomic mass is 9.97. The minimum absolute atomic E-state index is 0.285. The highest BCUT2D eigenvalue weighted by Crippen LogP contribution is 2.22. The van der Waals surface area contributed by atoms with Crippen LogP contribution in [0.1, 0.15) is 53.8 Å². The Morgan fingerprint density at radius 3 is 2.85 bits per heavy atom. The molecule has 1 aromatic rings. The minimum atomic E-state index is -0.922. The van der Waals surface area contributed by atoms with E-state index in [0.717, 1.165) is 18.7 Å². The number of carbonyl (C=O) groups is 1. The molecule has 1 aromatic heterocycles. The molecule has 1 aliphatic carbocycles. The van der Waals surface area contributed by atoms with E-state index < -0.39 is 5.97 Å². The molecule has 0 fully saturated rings. The molecular formula is C16H22N2O2. The Labute approximate surface area is 119 Å². The first kappa shape index (κ1) is 14.6. The van der Waals surface area contributed by atoms with E-state index in [2.05, 4.69) is 16.4 Å². The third-order valence-corrected chi connectivity index (χ3v) is 3.69. The van der Waals surface area contributed by atoms with Crippen LogP contribution in [0, 0.1) is 13.8 Å². The van der Waals surface area contributed by atoms with Gasteiger partial charge in [0.05, 0.1) is 11.4 Å². The molecular weight excluding hydrogens is 252 g/mol. The summed E-state index contributed by atoms with van der Waals surface area (Å²) in [7, 11) is 0. The molecule has 2 N–H and O–H groups in total. The van der Waals surface area contributed by atoms with E-state index >= 15 is 0 Å². The van der Waals surface area contributed by atoms with E-state index in [9.17, 15) is 9.90 Å². The molecule has 0 amide bonds. The van der Waals surface area contributed by atoms with Crippen molar-refractivity contribution in [3.63, 3.8) is 0 Å². The number of aromatic nitrogens is 1. The van der Waals surface area contributed by atoms with Gasteiger partial charge in [-0.15, -0.1) is 0 Å². The standard InChI is InChI=1S/C16H22N2O2/c1-11-10-14(15(16(19)20)12(2)18-11)17-9-8-13-6-4-3-5-7-13/h6,10H,3-5,7-9H2,1-2H3,(H,17,18)(H,19,20). The normalized spacial score (nSPS) is 14.8. The third kappa shape index (κ3) is 3.59. The van der Waals surface area contributed by atoms with Gasteiger partial charge < -0.3 is 10.4 Å². The number of hydrogen-bond donors (Lipinski definition) is 2. The number of rotatable bonds is 5. The minimum Gasteiger partial charge on any atom is -0.478 e. The molecule has 0 saturated carbocycles. The van der Waals surface area contributed by atoms with Gasteiger partial charge >= 0.3 is 5.97 Å². The van der Waals surface area contributed by atoms with Crippen LogP contribution < -0.4 is 5.32 Å². The van der Waals surface area contributed by atoms with E-state index in [1.54, 1.807) is 6.92 Å². The number of carboxylic acid groups (broad SMARTS) is 1. The zero-order valence-electron chi connectivity index (χ0n) is 12.2. The van der Waals surface area contributed by atoms with Gasteiger partial charge in [-0.3, -0.25) is 4.98 Å². The number of aromatic carboxylic acids is 1. The van der Waals surface area contributed by atoms with Crippen LogP contribution in [-0.2, 0) is 0 Å². The van der Waals surface area contributed by atoms with Crippen molar-refractivity contribution in [3.05, 3.63) is 34.7 Å². The molecule has 1 heterocycles. The zero-order chi connectivity index (χ0) is 14.5. The largest absolute Gasteiger partial charge is 0.478 e. The van der Waals surface area contributed by atoms with Gasteiger partial charge in [-0.2, -0.15) is 0 Å². The summed E-state index contributed by atoms with van der Waals surface area (Å²) in [6, 6.07) is 1.81. The second kappa shape index (κ2) is 6.55. The number of nitrogens with zero attached hydrogens (tertiary/aromatic N) is 1. The number of allylic oxidation sites excluding steroid dienone is 1. The Morgan fingerprint density at radius 1 is 1.40 bits per heavy atom. The van der Waals surface area contributed by atoms with Gasteiger partial charge in [0.15, 0.2) is 0 Å². The fourth-order valence-electron chi connectivity index (χ4n) is 2.73. The maximum atomic E-state index is 11.3. The average Bonchev–Trinajstić information content (AvgIpc) is 2.38. The second-order valence-electron chi connectivity index (χ2n) is 5.36. The van der Waals surface area contributed by atoms with Gasteiger partial charge in [-0.05, 0) is 52.0 Å². The Hall–Kier alpha value is -1.84. The Bertz CT molecular complexity index is 536. The van der Waals surface area contributed by atoms with Crippen LogP contribution in [0.5, 0.6) is 0 Å². The summed E-state index contributed by atoms with van der Waals surface area (Å²) >= 11 is 0. The highest BCUT2D eigenvalue weighted by molar-refractivity contribution is 5.95. The summed E-state index contributed by atoms with van der Waals surface area (Å²) in [6.45, 7) is 4.40. The Balaban J connectivity index is 2.05. The molecule has 0 unspecified atom stereocenters. The summed E-state index contributed by atoms with van der Waals surface area (Å²) in [5.74, 6) is -0.922. The molecule has 0 aromatic carbocycles. The molecule has 0 aliphatic heterocycles. The quantitative estimate of drug-likeness (QED) is 0.804. The lowest BCUT2D eigenvalue weighted by Crippen LogP contribution is -2.12. The van der Waals surface area contributed by atoms with Gasteiger partial charge in [-0.1, -0.05) is 11.6 Å². The molecule has 4 heteroatoms. The van der Waals surface area contributed by atoms with Crippen LogP contribution in [0.3, 0.4) is 0 Å². The van der Waals surface area contributed by atoms with Crippen LogP contribution in [0.4, 0.5) is 5.69 Å². The summed E-state index contributed by atoms with van der Waals surface area (Å²) in [4.78, 5) is 15.5. The number of nitrogens with one attached hydrogen (secondary N) is 1. The van der Waals surface area contributed by atoms with Crippen LogP contribution in [0.2, 0.25) is 0 Å². The first-order valence-corrected chi connectivity index (χ1v) is 7.21. The van der Waals surface area contributed by atoms with Crippen molar-refractivity contribution in [2.45, 2.75) is 46.0 Å². The van der Waals surface area contributed by atoms with Crippen LogP contribution in [-0.4, -0.2) is 22.6 Å². The monoisotopic (exact) mass is 274 g/mol. The highest BCUT2D eigenvalue weighted by Gasteiger charge is 2.15. The molecule has 108 valence electrons. The number of carboxylic acids is 1. The maximum Gasteiger partial charge on any atom is 0.339 e. The van der Waals surface area contributed by atoms with Crippen molar-refractivity contribution in [2.75, 3.05) is 11.9 Å². The van der Waals surface area contributed by atoms with E-state index in [1.165, 1.54) is 31.3 Å². The summed E-state index contributed by atoms with van der Waals surface area (Å²) < 4.78 is 0. The fourth-order valence-corrected chi connectivity index (χ4v) is 2.73. The van der Waals surface area contributed by atoms with Crippen molar-refractivity contribution in [2.24, 2.45) is 0 Å². The first-order valence-electron chi connectivity index (χ1n) is 7.21. The molecule has 0 saturated heterocycles. The predicted octanol–water partition coefficient (Wildman–Crippen LogP) is 3.70. The fraction of sp³-hybridized carbons (Fsp3) is 0.500. The van der Waals surface area contributed by atoms with Crippen LogP contribution >= 0.6 is 0 Å². The number of pyridine rings is 1. The zero-order valence-corrected chi connectivity index (χ0v) is 12.2. The lowest BCUT2D eigenvalue weighted by molar-refractivity contribution is 0.0696. The molecule has 0 radical (unpaired) electrons. The van der Waals surface area contributed by atoms with Gasteiger partial charge in [0.1, 0.15) is 5.56 Å². The number of anilines is 1. The Kier molecular flexibility index (Phi) is 4.77. The third-order valence-electron chi connectivity index (χ3n) is 3.69. The maximum absolute atomic E-state index is 11.3. The van der Waals surface area contributed by atoms with Crippen molar-refractivity contribution in [1.29, 1.82) is 0 Å². The van der Waals surface area contributed by atoms with E-state index in [-0.39, 0.29) is 5.56 Å². The second-order valence-corrected chi connectivity index (χ2v) is 5.36. The lowest BCUT2D eigenvalue weighted by Gasteiger charge is -2.15. The van der Waals surface area contributed by atoms with Crippen molar-refractivity contribution < 1.29 is 9.90 Å². The van der Waals surface area contributed by atoms with E-state index in [4.69, 9.17) is 0 Å². The summed E-state index contributed by atoms with van der Waals surface area (Å²) in [5.41, 5.74) is 3.86. The molecule has 4 nitrogen and oxygen atoms in total. The predicted molar refractivity (Wildman–Crippen MR) is 80.3 cm³/mol. The number of hydrogen-bond acceptors (Lipinski definition) is 3. The SMILES string of the molecule is Cc1cc(NCCC2=CCCCC2)c(C(=O)O)c(C)n1. The molecule has 20 heavy (non-hydrogen) atoms. The topological polar surface area (TPSA) is 62.2 Å². The Morgan fingerprint density at radius 2 is 2.20 bits per heavy atom. The van der Waals surface area contributed by atoms with E-state index in [1.807, 2.05) is 13.0 Å². The highest BCUT2D eigenvalue weighted by atomic mass is 16.4. The summed E-state index contributed by atoms with van der Waals surface area (Å²) in [6.07, 6.45) is 8.25. The molecule has 0 atom stereocenters. The molecule has 0 bridgehead atoms. The van der Waals surface area contributed by atoms with E-state index in [0.29, 0.717) is 11.4 Å². The van der Waals surface area contributed by atoms with Crippen molar-refractivity contribution in [3.8, 4) is 0 Å². The van der Waals surface area contributed by atoms with Crippen LogP contribution in [0.25, 0.3) is 0 Å². The molecule has 1 aliphatic rings. The first-order chi connectivity index (χ1) is 9.58. The molecule has 0 spiro atoms. The van der Waals surface area contributed by atoms with Gasteiger partial charge in [-0.25, -0.2) is 4.79 Å².